The first kappa shape index (κ1) is 18.8. The molecule has 1 amide bonds. The predicted molar refractivity (Wildman–Crippen MR) is 91.5 cm³/mol. The van der Waals surface area contributed by atoms with Gasteiger partial charge in [0.05, 0.1) is 5.52 Å². The molecule has 0 aliphatic carbocycles. The highest BCUT2D eigenvalue weighted by Gasteiger charge is 2.22. The second-order valence-corrected chi connectivity index (χ2v) is 5.80. The molecule has 3 N–H and O–H groups in total. The molecule has 2 aromatic heterocycles. The molecule has 10 heteroatoms. The quantitative estimate of drug-likeness (QED) is 0.613. The number of amides is 1. The van der Waals surface area contributed by atoms with Crippen molar-refractivity contribution in [3.05, 3.63) is 59.0 Å². The summed E-state index contributed by atoms with van der Waals surface area (Å²) >= 11 is 0. The number of carbonyl (C=O) groups is 2. The molecular formula is C18H12F2N4O4. The van der Waals surface area contributed by atoms with Gasteiger partial charge in [-0.05, 0) is 23.8 Å². The Morgan fingerprint density at radius 2 is 2.00 bits per heavy atom. The fourth-order valence-electron chi connectivity index (χ4n) is 2.71. The molecule has 0 atom stereocenters. The Bertz CT molecular complexity index is 1150. The van der Waals surface area contributed by atoms with Gasteiger partial charge in [-0.1, -0.05) is 6.07 Å². The van der Waals surface area contributed by atoms with E-state index in [1.165, 1.54) is 22.9 Å². The summed E-state index contributed by atoms with van der Waals surface area (Å²) in [5.74, 6) is -4.78. The molecule has 0 saturated heterocycles. The zero-order chi connectivity index (χ0) is 20.4. The molecule has 0 bridgehead atoms. The largest absolute Gasteiger partial charge is 0.505 e. The van der Waals surface area contributed by atoms with E-state index in [0.717, 1.165) is 12.1 Å². The standard InChI is InChI=1S/C18H12F2N4O4/c19-11-2-1-9(5-12(11)20)8-24-4-3-10-16(24)13(6-21)23-15(17(10)27)18(28)22-7-14(25)26/h1-5,27H,7-8H2,(H,22,28)(H,25,26). The lowest BCUT2D eigenvalue weighted by Gasteiger charge is -2.10. The normalized spacial score (nSPS) is 10.6. The molecule has 2 heterocycles. The number of nitrogens with zero attached hydrogens (tertiary/aromatic N) is 3. The van der Waals surface area contributed by atoms with Gasteiger partial charge in [0.25, 0.3) is 5.91 Å². The fraction of sp³-hybridized carbons (Fsp3) is 0.111. The van der Waals surface area contributed by atoms with Crippen LogP contribution in [0.2, 0.25) is 0 Å². The minimum Gasteiger partial charge on any atom is -0.505 e. The lowest BCUT2D eigenvalue weighted by Crippen LogP contribution is -2.30. The zero-order valence-electron chi connectivity index (χ0n) is 14.1. The van der Waals surface area contributed by atoms with Gasteiger partial charge in [0.2, 0.25) is 0 Å². The number of carbonyl (C=O) groups excluding carboxylic acids is 1. The van der Waals surface area contributed by atoms with E-state index in [4.69, 9.17) is 5.11 Å². The highest BCUT2D eigenvalue weighted by atomic mass is 19.2. The van der Waals surface area contributed by atoms with Crippen LogP contribution in [0.5, 0.6) is 5.75 Å². The molecule has 142 valence electrons. The van der Waals surface area contributed by atoms with Crippen LogP contribution in [0.25, 0.3) is 10.9 Å². The van der Waals surface area contributed by atoms with Crippen molar-refractivity contribution in [2.75, 3.05) is 6.54 Å². The molecular weight excluding hydrogens is 374 g/mol. The number of carboxylic acids is 1. The van der Waals surface area contributed by atoms with Crippen molar-refractivity contribution < 1.29 is 28.6 Å². The molecule has 0 aliphatic heterocycles. The Hall–Kier alpha value is -4.00. The summed E-state index contributed by atoms with van der Waals surface area (Å²) in [5.41, 5.74) is -0.0840. The number of carboxylic acid groups (broad SMARTS) is 1. The van der Waals surface area contributed by atoms with Crippen LogP contribution in [0.15, 0.2) is 30.5 Å². The van der Waals surface area contributed by atoms with Crippen molar-refractivity contribution in [2.45, 2.75) is 6.54 Å². The third kappa shape index (κ3) is 3.45. The number of fused-ring (bicyclic) bond motifs is 1. The number of halogens is 2. The molecule has 1 aromatic carbocycles. The predicted octanol–water partition coefficient (Wildman–Crippen LogP) is 1.75. The van der Waals surface area contributed by atoms with Crippen LogP contribution < -0.4 is 5.32 Å². The van der Waals surface area contributed by atoms with Crippen molar-refractivity contribution >= 4 is 22.8 Å². The van der Waals surface area contributed by atoms with Crippen LogP contribution in [0.4, 0.5) is 8.78 Å². The van der Waals surface area contributed by atoms with Crippen molar-refractivity contribution in [1.29, 1.82) is 5.26 Å². The second kappa shape index (κ2) is 7.32. The Morgan fingerprint density at radius 1 is 1.25 bits per heavy atom. The van der Waals surface area contributed by atoms with Gasteiger partial charge in [0, 0.05) is 18.1 Å². The summed E-state index contributed by atoms with van der Waals surface area (Å²) in [5, 5.41) is 30.6. The Balaban J connectivity index is 2.05. The number of aromatic nitrogens is 2. The van der Waals surface area contributed by atoms with Gasteiger partial charge in [0.1, 0.15) is 12.6 Å². The first-order valence-electron chi connectivity index (χ1n) is 7.87. The van der Waals surface area contributed by atoms with E-state index in [-0.39, 0.29) is 23.1 Å². The second-order valence-electron chi connectivity index (χ2n) is 5.80. The molecule has 0 radical (unpaired) electrons. The van der Waals surface area contributed by atoms with Gasteiger partial charge < -0.3 is 20.1 Å². The number of pyridine rings is 1. The summed E-state index contributed by atoms with van der Waals surface area (Å²) in [4.78, 5) is 26.5. The summed E-state index contributed by atoms with van der Waals surface area (Å²) in [6, 6.07) is 6.60. The van der Waals surface area contributed by atoms with Crippen molar-refractivity contribution in [3.8, 4) is 11.8 Å². The van der Waals surface area contributed by atoms with E-state index in [0.29, 0.717) is 5.56 Å². The zero-order valence-corrected chi connectivity index (χ0v) is 14.1. The van der Waals surface area contributed by atoms with E-state index < -0.39 is 41.5 Å². The molecule has 0 fully saturated rings. The van der Waals surface area contributed by atoms with E-state index >= 15 is 0 Å². The molecule has 0 saturated carbocycles. The van der Waals surface area contributed by atoms with Crippen molar-refractivity contribution in [1.82, 2.24) is 14.9 Å². The van der Waals surface area contributed by atoms with Gasteiger partial charge in [-0.2, -0.15) is 5.26 Å². The van der Waals surface area contributed by atoms with Gasteiger partial charge in [0.15, 0.2) is 28.8 Å². The number of nitrogens with one attached hydrogen (secondary N) is 1. The summed E-state index contributed by atoms with van der Waals surface area (Å²) in [6.45, 7) is -0.627. The average Bonchev–Trinajstić information content (AvgIpc) is 3.07. The molecule has 0 aliphatic rings. The van der Waals surface area contributed by atoms with E-state index in [1.807, 2.05) is 6.07 Å². The van der Waals surface area contributed by atoms with E-state index in [1.54, 1.807) is 0 Å². The van der Waals surface area contributed by atoms with Gasteiger partial charge in [-0.15, -0.1) is 0 Å². The maximum Gasteiger partial charge on any atom is 0.322 e. The SMILES string of the molecule is N#Cc1nc(C(=O)NCC(=O)O)c(O)c2ccn(Cc3ccc(F)c(F)c3)c12. The molecule has 3 aromatic rings. The topological polar surface area (TPSA) is 128 Å². The number of hydrogen-bond donors (Lipinski definition) is 3. The van der Waals surface area contributed by atoms with Gasteiger partial charge in [-0.3, -0.25) is 9.59 Å². The lowest BCUT2D eigenvalue weighted by atomic mass is 10.1. The van der Waals surface area contributed by atoms with Crippen molar-refractivity contribution in [3.63, 3.8) is 0 Å². The summed E-state index contributed by atoms with van der Waals surface area (Å²) in [7, 11) is 0. The number of nitriles is 1. The minimum absolute atomic E-state index is 0.0566. The fourth-order valence-corrected chi connectivity index (χ4v) is 2.71. The van der Waals surface area contributed by atoms with E-state index in [2.05, 4.69) is 10.3 Å². The van der Waals surface area contributed by atoms with E-state index in [9.17, 15) is 28.7 Å². The van der Waals surface area contributed by atoms with Crippen LogP contribution in [-0.2, 0) is 11.3 Å². The highest BCUT2D eigenvalue weighted by Crippen LogP contribution is 2.31. The number of aromatic hydroxyl groups is 1. The van der Waals surface area contributed by atoms with Crippen LogP contribution in [-0.4, -0.2) is 38.2 Å². The molecule has 28 heavy (non-hydrogen) atoms. The van der Waals surface area contributed by atoms with Crippen LogP contribution in [0.1, 0.15) is 21.7 Å². The molecule has 3 rings (SSSR count). The maximum atomic E-state index is 13.4. The minimum atomic E-state index is -1.29. The Morgan fingerprint density at radius 3 is 2.64 bits per heavy atom. The summed E-state index contributed by atoms with van der Waals surface area (Å²) < 4.78 is 28.0. The summed E-state index contributed by atoms with van der Waals surface area (Å²) in [6.07, 6.45) is 1.49. The monoisotopic (exact) mass is 386 g/mol. The number of aliphatic carboxylic acids is 1. The van der Waals surface area contributed by atoms with Crippen LogP contribution in [0.3, 0.4) is 0 Å². The Labute approximate surface area is 156 Å². The Kier molecular flexibility index (Phi) is 4.91. The number of hydrogen-bond acceptors (Lipinski definition) is 5. The number of benzene rings is 1. The lowest BCUT2D eigenvalue weighted by molar-refractivity contribution is -0.135. The first-order valence-corrected chi connectivity index (χ1v) is 7.87. The molecule has 8 nitrogen and oxygen atoms in total. The average molecular weight is 386 g/mol. The maximum absolute atomic E-state index is 13.4. The third-order valence-corrected chi connectivity index (χ3v) is 3.95. The molecule has 0 unspecified atom stereocenters. The first-order chi connectivity index (χ1) is 13.3. The third-order valence-electron chi connectivity index (χ3n) is 3.95. The molecule has 0 spiro atoms. The number of rotatable bonds is 5. The highest BCUT2D eigenvalue weighted by molar-refractivity contribution is 6.03. The smallest absolute Gasteiger partial charge is 0.322 e. The van der Waals surface area contributed by atoms with Gasteiger partial charge >= 0.3 is 5.97 Å². The van der Waals surface area contributed by atoms with Gasteiger partial charge in [-0.25, -0.2) is 13.8 Å². The van der Waals surface area contributed by atoms with Crippen molar-refractivity contribution in [2.24, 2.45) is 0 Å². The van der Waals surface area contributed by atoms with Crippen LogP contribution in [0, 0.1) is 23.0 Å². The van der Waals surface area contributed by atoms with Crippen LogP contribution >= 0.6 is 0 Å².